The maximum Gasteiger partial charge on any atom is 0.278 e. The van der Waals surface area contributed by atoms with E-state index in [0.29, 0.717) is 41.7 Å². The molecule has 2 amide bonds. The van der Waals surface area contributed by atoms with Crippen LogP contribution in [0.3, 0.4) is 0 Å². The quantitative estimate of drug-likeness (QED) is 0.453. The Hall–Kier alpha value is -3.54. The summed E-state index contributed by atoms with van der Waals surface area (Å²) in [4.78, 5) is 27.3. The zero-order valence-corrected chi connectivity index (χ0v) is 18.2. The van der Waals surface area contributed by atoms with Crippen molar-refractivity contribution in [3.05, 3.63) is 72.4 Å². The number of nitrogens with one attached hydrogen (secondary N) is 1. The normalized spacial score (nSPS) is 13.7. The van der Waals surface area contributed by atoms with Crippen LogP contribution in [0.15, 0.2) is 66.9 Å². The molecule has 0 saturated heterocycles. The van der Waals surface area contributed by atoms with Crippen LogP contribution in [0, 0.1) is 5.92 Å². The average molecular weight is 421 g/mol. The molecule has 0 radical (unpaired) electrons. The number of amides is 2. The predicted octanol–water partition coefficient (Wildman–Crippen LogP) is 4.50. The Morgan fingerprint density at radius 3 is 2.42 bits per heavy atom. The predicted molar refractivity (Wildman–Crippen MR) is 122 cm³/mol. The highest BCUT2D eigenvalue weighted by Crippen LogP contribution is 2.32. The molecule has 0 atom stereocenters. The number of anilines is 1. The number of benzene rings is 2. The van der Waals surface area contributed by atoms with Gasteiger partial charge in [0.15, 0.2) is 0 Å². The summed E-state index contributed by atoms with van der Waals surface area (Å²) in [5.74, 6) is 1.07. The van der Waals surface area contributed by atoms with Gasteiger partial charge < -0.3 is 14.8 Å². The third kappa shape index (κ3) is 5.15. The van der Waals surface area contributed by atoms with Crippen LogP contribution < -0.4 is 14.8 Å². The molecule has 1 N–H and O–H groups in total. The van der Waals surface area contributed by atoms with Gasteiger partial charge in [0.2, 0.25) is 0 Å². The Kier molecular flexibility index (Phi) is 7.13. The van der Waals surface area contributed by atoms with Gasteiger partial charge in [0.25, 0.3) is 11.8 Å². The molecule has 0 unspecified atom stereocenters. The van der Waals surface area contributed by atoms with Crippen LogP contribution >= 0.6 is 0 Å². The van der Waals surface area contributed by atoms with Gasteiger partial charge in [0.1, 0.15) is 17.2 Å². The number of carbonyl (C=O) groups is 2. The lowest BCUT2D eigenvalue weighted by atomic mass is 10.0. The van der Waals surface area contributed by atoms with Crippen LogP contribution in [-0.2, 0) is 9.59 Å². The molecule has 0 aromatic heterocycles. The minimum absolute atomic E-state index is 0.140. The highest BCUT2D eigenvalue weighted by Gasteiger charge is 2.38. The molecule has 0 fully saturated rings. The van der Waals surface area contributed by atoms with E-state index in [9.17, 15) is 9.59 Å². The molecule has 0 spiro atoms. The van der Waals surface area contributed by atoms with Crippen molar-refractivity contribution in [2.24, 2.45) is 5.92 Å². The Morgan fingerprint density at radius 1 is 1.03 bits per heavy atom. The van der Waals surface area contributed by atoms with E-state index in [4.69, 9.17) is 9.47 Å². The first-order valence-corrected chi connectivity index (χ1v) is 10.4. The molecule has 1 aliphatic rings. The van der Waals surface area contributed by atoms with E-state index in [1.54, 1.807) is 18.2 Å². The van der Waals surface area contributed by atoms with Gasteiger partial charge in [-0.05, 0) is 42.7 Å². The molecule has 0 aliphatic carbocycles. The number of nitrogens with zero attached hydrogens (tertiary/aromatic N) is 1. The van der Waals surface area contributed by atoms with Crippen molar-refractivity contribution in [2.45, 2.75) is 20.8 Å². The summed E-state index contributed by atoms with van der Waals surface area (Å²) in [6.45, 7) is 11.0. The highest BCUT2D eigenvalue weighted by atomic mass is 16.5. The van der Waals surface area contributed by atoms with Crippen LogP contribution in [0.1, 0.15) is 26.3 Å². The van der Waals surface area contributed by atoms with Crippen LogP contribution in [0.4, 0.5) is 5.69 Å². The summed E-state index contributed by atoms with van der Waals surface area (Å²) in [6.07, 6.45) is 1.54. The fraction of sp³-hybridized carbons (Fsp3) is 0.280. The molecule has 1 heterocycles. The Morgan fingerprint density at radius 2 is 1.77 bits per heavy atom. The lowest BCUT2D eigenvalue weighted by Crippen LogP contribution is -2.32. The molecular weight excluding hydrogens is 392 g/mol. The van der Waals surface area contributed by atoms with E-state index < -0.39 is 0 Å². The second-order valence-corrected chi connectivity index (χ2v) is 7.57. The van der Waals surface area contributed by atoms with Gasteiger partial charge in [-0.3, -0.25) is 14.5 Å². The largest absolute Gasteiger partial charge is 0.494 e. The first-order valence-electron chi connectivity index (χ1n) is 10.4. The fourth-order valence-electron chi connectivity index (χ4n) is 3.21. The molecule has 6 nitrogen and oxygen atoms in total. The van der Waals surface area contributed by atoms with Gasteiger partial charge >= 0.3 is 0 Å². The minimum Gasteiger partial charge on any atom is -0.494 e. The monoisotopic (exact) mass is 420 g/mol. The molecule has 162 valence electrons. The van der Waals surface area contributed by atoms with Crippen molar-refractivity contribution >= 4 is 23.1 Å². The first-order chi connectivity index (χ1) is 14.9. The average Bonchev–Trinajstić information content (AvgIpc) is 2.98. The molecule has 6 heteroatoms. The second-order valence-electron chi connectivity index (χ2n) is 7.57. The summed E-state index contributed by atoms with van der Waals surface area (Å²) in [6, 6.07) is 14.5. The number of carbonyl (C=O) groups excluding carboxylic acids is 2. The SMILES string of the molecule is C=CCN1C(=O)C(Nc2cccc(OCC)c2)=C(c2ccc(OCC(C)C)cc2)C1=O. The van der Waals surface area contributed by atoms with Gasteiger partial charge in [-0.1, -0.05) is 38.1 Å². The number of rotatable bonds is 10. The zero-order valence-electron chi connectivity index (χ0n) is 18.2. The number of hydrogen-bond acceptors (Lipinski definition) is 5. The third-order valence-corrected chi connectivity index (χ3v) is 4.62. The van der Waals surface area contributed by atoms with E-state index in [-0.39, 0.29) is 24.1 Å². The van der Waals surface area contributed by atoms with Crippen molar-refractivity contribution in [3.63, 3.8) is 0 Å². The molecule has 0 saturated carbocycles. The van der Waals surface area contributed by atoms with Crippen molar-refractivity contribution in [3.8, 4) is 11.5 Å². The van der Waals surface area contributed by atoms with Crippen LogP contribution in [0.25, 0.3) is 5.57 Å². The van der Waals surface area contributed by atoms with E-state index >= 15 is 0 Å². The standard InChI is InChI=1S/C25H28N2O4/c1-5-14-27-24(28)22(18-10-12-20(13-11-18)31-16-17(3)4)23(25(27)29)26-19-8-7-9-21(15-19)30-6-2/h5,7-13,15,17,26H,1,6,14,16H2,2-4H3. The number of imide groups is 1. The van der Waals surface area contributed by atoms with Gasteiger partial charge in [0, 0.05) is 18.3 Å². The molecule has 3 rings (SSSR count). The lowest BCUT2D eigenvalue weighted by Gasteiger charge is -2.13. The van der Waals surface area contributed by atoms with Crippen molar-refractivity contribution in [1.82, 2.24) is 4.90 Å². The van der Waals surface area contributed by atoms with Crippen LogP contribution in [0.5, 0.6) is 11.5 Å². The third-order valence-electron chi connectivity index (χ3n) is 4.62. The van der Waals surface area contributed by atoms with Crippen molar-refractivity contribution < 1.29 is 19.1 Å². The highest BCUT2D eigenvalue weighted by molar-refractivity contribution is 6.36. The van der Waals surface area contributed by atoms with Crippen LogP contribution in [-0.4, -0.2) is 36.5 Å². The Bertz CT molecular complexity index is 993. The fourth-order valence-corrected chi connectivity index (χ4v) is 3.21. The molecule has 0 bridgehead atoms. The summed E-state index contributed by atoms with van der Waals surface area (Å²) >= 11 is 0. The Labute approximate surface area is 183 Å². The lowest BCUT2D eigenvalue weighted by molar-refractivity contribution is -0.136. The summed E-state index contributed by atoms with van der Waals surface area (Å²) in [5, 5.41) is 3.13. The van der Waals surface area contributed by atoms with Gasteiger partial charge in [-0.25, -0.2) is 0 Å². The molecule has 2 aromatic rings. The van der Waals surface area contributed by atoms with Crippen molar-refractivity contribution in [1.29, 1.82) is 0 Å². The smallest absolute Gasteiger partial charge is 0.278 e. The topological polar surface area (TPSA) is 67.9 Å². The van der Waals surface area contributed by atoms with E-state index in [2.05, 4.69) is 25.7 Å². The summed E-state index contributed by atoms with van der Waals surface area (Å²) < 4.78 is 11.3. The summed E-state index contributed by atoms with van der Waals surface area (Å²) in [7, 11) is 0. The summed E-state index contributed by atoms with van der Waals surface area (Å²) in [5.41, 5.74) is 1.86. The van der Waals surface area contributed by atoms with Crippen molar-refractivity contribution in [2.75, 3.05) is 25.1 Å². The maximum atomic E-state index is 13.1. The van der Waals surface area contributed by atoms with Gasteiger partial charge in [0.05, 0.1) is 18.8 Å². The molecular formula is C25H28N2O4. The van der Waals surface area contributed by atoms with E-state index in [0.717, 1.165) is 5.75 Å². The first kappa shape index (κ1) is 22.2. The van der Waals surface area contributed by atoms with Gasteiger partial charge in [-0.15, -0.1) is 6.58 Å². The number of hydrogen-bond donors (Lipinski definition) is 1. The van der Waals surface area contributed by atoms with Gasteiger partial charge in [-0.2, -0.15) is 0 Å². The van der Waals surface area contributed by atoms with E-state index in [1.165, 1.54) is 11.0 Å². The Balaban J connectivity index is 1.96. The minimum atomic E-state index is -0.387. The van der Waals surface area contributed by atoms with Crippen LogP contribution in [0.2, 0.25) is 0 Å². The molecule has 2 aromatic carbocycles. The molecule has 1 aliphatic heterocycles. The zero-order chi connectivity index (χ0) is 22.4. The van der Waals surface area contributed by atoms with E-state index in [1.807, 2.05) is 37.3 Å². The molecule has 31 heavy (non-hydrogen) atoms. The maximum absolute atomic E-state index is 13.1. The number of ether oxygens (including phenoxy) is 2. The second kappa shape index (κ2) is 9.98.